The number of carbonyl (C=O) groups is 3. The largest absolute Gasteiger partial charge is 0.443 e. The van der Waals surface area contributed by atoms with E-state index in [0.29, 0.717) is 24.2 Å². The minimum atomic E-state index is -0.844. The van der Waals surface area contributed by atoms with Gasteiger partial charge in [0.2, 0.25) is 0 Å². The number of nitrogen functional groups attached to an aromatic ring is 2. The predicted octanol–water partition coefficient (Wildman–Crippen LogP) is 5.23. The number of benzene rings is 2. The number of imide groups is 2. The van der Waals surface area contributed by atoms with Gasteiger partial charge in [0.25, 0.3) is 0 Å². The lowest BCUT2D eigenvalue weighted by Gasteiger charge is -2.31. The summed E-state index contributed by atoms with van der Waals surface area (Å²) in [5.41, 5.74) is 12.8. The normalized spacial score (nSPS) is 11.5. The average Bonchev–Trinajstić information content (AvgIpc) is 2.74. The first-order valence-corrected chi connectivity index (χ1v) is 11.9. The molecule has 4 amide bonds. The number of carbonyl (C=O) groups excluding carboxylic acids is 3. The Morgan fingerprint density at radius 3 is 1.22 bits per heavy atom. The van der Waals surface area contributed by atoms with Crippen LogP contribution in [0.5, 0.6) is 0 Å². The molecule has 0 unspecified atom stereocenters. The molecule has 0 aliphatic rings. The summed E-state index contributed by atoms with van der Waals surface area (Å²) in [6.07, 6.45) is -0.982. The van der Waals surface area contributed by atoms with Crippen molar-refractivity contribution in [2.45, 2.75) is 65.6 Å². The maximum atomic E-state index is 13.7. The molecular formula is C27H38N4O5. The van der Waals surface area contributed by atoms with E-state index in [9.17, 15) is 14.4 Å². The molecule has 0 heterocycles. The van der Waals surface area contributed by atoms with E-state index >= 15 is 0 Å². The highest BCUT2D eigenvalue weighted by molar-refractivity contribution is 5.98. The molecule has 0 saturated heterocycles. The fourth-order valence-electron chi connectivity index (χ4n) is 3.16. The quantitative estimate of drug-likeness (QED) is 0.522. The molecule has 0 fully saturated rings. The Morgan fingerprint density at radius 2 is 0.944 bits per heavy atom. The van der Waals surface area contributed by atoms with Gasteiger partial charge < -0.3 is 20.9 Å². The molecule has 0 bridgehead atoms. The van der Waals surface area contributed by atoms with Crippen molar-refractivity contribution in [3.63, 3.8) is 0 Å². The van der Waals surface area contributed by atoms with Gasteiger partial charge in [-0.15, -0.1) is 0 Å². The summed E-state index contributed by atoms with van der Waals surface area (Å²) >= 11 is 0. The molecule has 9 nitrogen and oxygen atoms in total. The Balaban J connectivity index is 2.32. The van der Waals surface area contributed by atoms with Crippen LogP contribution >= 0.6 is 0 Å². The van der Waals surface area contributed by atoms with Gasteiger partial charge in [0.05, 0.1) is 0 Å². The van der Waals surface area contributed by atoms with Crippen LogP contribution in [0.2, 0.25) is 0 Å². The Hall–Kier alpha value is -3.75. The van der Waals surface area contributed by atoms with Gasteiger partial charge in [-0.05, 0) is 89.8 Å². The van der Waals surface area contributed by atoms with Crippen molar-refractivity contribution in [2.24, 2.45) is 0 Å². The molecule has 0 spiro atoms. The van der Waals surface area contributed by atoms with Gasteiger partial charge in [0.15, 0.2) is 0 Å². The molecule has 0 atom stereocenters. The molecule has 4 N–H and O–H groups in total. The molecule has 0 aliphatic carbocycles. The number of nitrogens with zero attached hydrogens (tertiary/aromatic N) is 2. The zero-order valence-corrected chi connectivity index (χ0v) is 22.0. The van der Waals surface area contributed by atoms with E-state index in [2.05, 4.69) is 0 Å². The maximum absolute atomic E-state index is 13.7. The van der Waals surface area contributed by atoms with Crippen LogP contribution in [-0.2, 0) is 22.3 Å². The number of anilines is 2. The summed E-state index contributed by atoms with van der Waals surface area (Å²) < 4.78 is 11.0. The smallest absolute Gasteiger partial charge is 0.418 e. The minimum absolute atomic E-state index is 0.00116. The number of rotatable bonds is 6. The van der Waals surface area contributed by atoms with Crippen molar-refractivity contribution in [3.05, 3.63) is 59.7 Å². The number of amides is 4. The van der Waals surface area contributed by atoms with Crippen LogP contribution in [0, 0.1) is 0 Å². The zero-order chi connectivity index (χ0) is 27.1. The van der Waals surface area contributed by atoms with Gasteiger partial charge >= 0.3 is 18.2 Å². The van der Waals surface area contributed by atoms with Gasteiger partial charge in [0.1, 0.15) is 11.2 Å². The molecule has 2 rings (SSSR count). The Bertz CT molecular complexity index is 954. The van der Waals surface area contributed by atoms with E-state index in [1.807, 2.05) is 24.3 Å². The molecule has 0 saturated carbocycles. The highest BCUT2D eigenvalue weighted by Gasteiger charge is 2.35. The van der Waals surface area contributed by atoms with Gasteiger partial charge in [-0.2, -0.15) is 0 Å². The highest BCUT2D eigenvalue weighted by Crippen LogP contribution is 2.17. The maximum Gasteiger partial charge on any atom is 0.418 e. The van der Waals surface area contributed by atoms with E-state index < -0.39 is 29.4 Å². The summed E-state index contributed by atoms with van der Waals surface area (Å²) in [6, 6.07) is 13.4. The molecule has 0 radical (unpaired) electrons. The van der Waals surface area contributed by atoms with Crippen molar-refractivity contribution < 1.29 is 23.9 Å². The Labute approximate surface area is 213 Å². The standard InChI is InChI=1S/C27H38N4O5/c1-26(2,3)35-24(33)30(17-15-19-7-11-21(28)12-8-19)23(32)31(25(34)36-27(4,5)6)18-16-20-9-13-22(29)14-10-20/h7-14H,15-18,28-29H2,1-6H3. The lowest BCUT2D eigenvalue weighted by Crippen LogP contribution is -2.52. The second kappa shape index (κ2) is 11.8. The second-order valence-corrected chi connectivity index (χ2v) is 10.5. The van der Waals surface area contributed by atoms with E-state index in [4.69, 9.17) is 20.9 Å². The van der Waals surface area contributed by atoms with Crippen molar-refractivity contribution in [1.29, 1.82) is 0 Å². The Kier molecular flexibility index (Phi) is 9.33. The second-order valence-electron chi connectivity index (χ2n) is 10.5. The predicted molar refractivity (Wildman–Crippen MR) is 140 cm³/mol. The van der Waals surface area contributed by atoms with E-state index in [1.54, 1.807) is 65.8 Å². The SMILES string of the molecule is CC(C)(C)OC(=O)N(CCc1ccc(N)cc1)C(=O)N(CCc1ccc(N)cc1)C(=O)OC(C)(C)C. The van der Waals surface area contributed by atoms with Crippen LogP contribution in [-0.4, -0.2) is 52.3 Å². The summed E-state index contributed by atoms with van der Waals surface area (Å²) in [4.78, 5) is 41.7. The lowest BCUT2D eigenvalue weighted by atomic mass is 10.1. The van der Waals surface area contributed by atoms with Crippen molar-refractivity contribution >= 4 is 29.6 Å². The number of ether oxygens (including phenoxy) is 2. The van der Waals surface area contributed by atoms with Crippen LogP contribution in [0.4, 0.5) is 25.8 Å². The number of hydrogen-bond acceptors (Lipinski definition) is 7. The highest BCUT2D eigenvalue weighted by atomic mass is 16.6. The molecule has 0 aromatic heterocycles. The molecule has 9 heteroatoms. The summed E-state index contributed by atoms with van der Waals surface area (Å²) in [5.74, 6) is 0. The first-order valence-electron chi connectivity index (χ1n) is 11.9. The van der Waals surface area contributed by atoms with Gasteiger partial charge in [-0.3, -0.25) is 0 Å². The van der Waals surface area contributed by atoms with Crippen LogP contribution in [0.25, 0.3) is 0 Å². The third-order valence-electron chi connectivity index (χ3n) is 4.90. The molecular weight excluding hydrogens is 460 g/mol. The number of hydrogen-bond donors (Lipinski definition) is 2. The lowest BCUT2D eigenvalue weighted by molar-refractivity contribution is 0.0189. The monoisotopic (exact) mass is 498 g/mol. The van der Waals surface area contributed by atoms with Crippen LogP contribution in [0.15, 0.2) is 48.5 Å². The number of urea groups is 1. The van der Waals surface area contributed by atoms with Gasteiger partial charge in [-0.1, -0.05) is 24.3 Å². The molecule has 36 heavy (non-hydrogen) atoms. The van der Waals surface area contributed by atoms with Crippen LogP contribution < -0.4 is 11.5 Å². The summed E-state index contributed by atoms with van der Waals surface area (Å²) in [5, 5.41) is 0. The van der Waals surface area contributed by atoms with Crippen molar-refractivity contribution in [1.82, 2.24) is 9.80 Å². The molecule has 2 aromatic rings. The average molecular weight is 499 g/mol. The molecule has 196 valence electrons. The number of nitrogens with two attached hydrogens (primary N) is 2. The fraction of sp³-hybridized carbons (Fsp3) is 0.444. The molecule has 0 aliphatic heterocycles. The summed E-state index contributed by atoms with van der Waals surface area (Å²) in [7, 11) is 0. The van der Waals surface area contributed by atoms with E-state index in [1.165, 1.54) is 0 Å². The third kappa shape index (κ3) is 9.48. The Morgan fingerprint density at radius 1 is 0.639 bits per heavy atom. The first-order chi connectivity index (χ1) is 16.6. The zero-order valence-electron chi connectivity index (χ0n) is 22.0. The van der Waals surface area contributed by atoms with Crippen molar-refractivity contribution in [2.75, 3.05) is 24.6 Å². The van der Waals surface area contributed by atoms with Crippen LogP contribution in [0.3, 0.4) is 0 Å². The van der Waals surface area contributed by atoms with Gasteiger partial charge in [0, 0.05) is 24.5 Å². The topological polar surface area (TPSA) is 128 Å². The third-order valence-corrected chi connectivity index (χ3v) is 4.90. The summed E-state index contributed by atoms with van der Waals surface area (Å²) in [6.45, 7) is 10.2. The van der Waals surface area contributed by atoms with E-state index in [-0.39, 0.29) is 13.1 Å². The first kappa shape index (κ1) is 28.5. The van der Waals surface area contributed by atoms with Gasteiger partial charge in [-0.25, -0.2) is 24.2 Å². The van der Waals surface area contributed by atoms with Crippen molar-refractivity contribution in [3.8, 4) is 0 Å². The fourth-order valence-corrected chi connectivity index (χ4v) is 3.16. The van der Waals surface area contributed by atoms with Crippen LogP contribution in [0.1, 0.15) is 52.7 Å². The minimum Gasteiger partial charge on any atom is -0.443 e. The van der Waals surface area contributed by atoms with E-state index in [0.717, 1.165) is 20.9 Å². The molecule has 2 aromatic carbocycles.